The molecule has 0 bridgehead atoms. The number of carbonyl (C=O) groups is 1. The zero-order valence-corrected chi connectivity index (χ0v) is 9.43. The Kier molecular flexibility index (Phi) is 2.04. The first-order valence-electron chi connectivity index (χ1n) is 5.48. The lowest BCUT2D eigenvalue weighted by Crippen LogP contribution is -2.41. The number of nitrogens with two attached hydrogens (primary N) is 1. The SMILES string of the molecule is Cc1nc(N)c2oc(C(=O)N3CCC3)cc2n1. The fourth-order valence-corrected chi connectivity index (χ4v) is 1.85. The number of aromatic nitrogens is 2. The van der Waals surface area contributed by atoms with Crippen LogP contribution in [-0.4, -0.2) is 33.9 Å². The lowest BCUT2D eigenvalue weighted by atomic mass is 10.2. The van der Waals surface area contributed by atoms with Gasteiger partial charge in [0.15, 0.2) is 17.2 Å². The fourth-order valence-electron chi connectivity index (χ4n) is 1.85. The van der Waals surface area contributed by atoms with Crippen LogP contribution in [0.4, 0.5) is 5.82 Å². The third-order valence-electron chi connectivity index (χ3n) is 2.86. The smallest absolute Gasteiger partial charge is 0.289 e. The zero-order chi connectivity index (χ0) is 12.0. The number of aryl methyl sites for hydroxylation is 1. The van der Waals surface area contributed by atoms with E-state index in [9.17, 15) is 4.79 Å². The number of furan rings is 1. The minimum absolute atomic E-state index is 0.105. The zero-order valence-electron chi connectivity index (χ0n) is 9.43. The first-order valence-corrected chi connectivity index (χ1v) is 5.48. The molecule has 0 spiro atoms. The first kappa shape index (κ1) is 10.1. The summed E-state index contributed by atoms with van der Waals surface area (Å²) in [7, 11) is 0. The molecule has 3 heterocycles. The summed E-state index contributed by atoms with van der Waals surface area (Å²) in [6.45, 7) is 3.33. The summed E-state index contributed by atoms with van der Waals surface area (Å²) >= 11 is 0. The van der Waals surface area contributed by atoms with Gasteiger partial charge in [-0.15, -0.1) is 0 Å². The van der Waals surface area contributed by atoms with Crippen molar-refractivity contribution in [2.75, 3.05) is 18.8 Å². The van der Waals surface area contributed by atoms with Crippen molar-refractivity contribution >= 4 is 22.8 Å². The van der Waals surface area contributed by atoms with Crippen LogP contribution < -0.4 is 5.73 Å². The van der Waals surface area contributed by atoms with Crippen molar-refractivity contribution < 1.29 is 9.21 Å². The van der Waals surface area contributed by atoms with Gasteiger partial charge in [0.05, 0.1) is 0 Å². The van der Waals surface area contributed by atoms with Crippen molar-refractivity contribution in [1.82, 2.24) is 14.9 Å². The third kappa shape index (κ3) is 1.52. The summed E-state index contributed by atoms with van der Waals surface area (Å²) in [4.78, 5) is 21.9. The predicted octanol–water partition coefficient (Wildman–Crippen LogP) is 0.959. The molecule has 2 aromatic rings. The van der Waals surface area contributed by atoms with E-state index in [1.54, 1.807) is 17.9 Å². The number of nitrogen functional groups attached to an aromatic ring is 1. The van der Waals surface area contributed by atoms with Crippen molar-refractivity contribution in [3.05, 3.63) is 17.7 Å². The Hall–Kier alpha value is -2.11. The van der Waals surface area contributed by atoms with E-state index in [-0.39, 0.29) is 17.5 Å². The summed E-state index contributed by atoms with van der Waals surface area (Å²) in [5.74, 6) is 1.02. The van der Waals surface area contributed by atoms with Crippen LogP contribution in [0.5, 0.6) is 0 Å². The highest BCUT2D eigenvalue weighted by Gasteiger charge is 2.25. The second-order valence-corrected chi connectivity index (χ2v) is 4.13. The van der Waals surface area contributed by atoms with Crippen LogP contribution in [-0.2, 0) is 0 Å². The molecule has 6 nitrogen and oxygen atoms in total. The van der Waals surface area contributed by atoms with Gasteiger partial charge in [-0.3, -0.25) is 4.79 Å². The second-order valence-electron chi connectivity index (χ2n) is 4.13. The average Bonchev–Trinajstić information content (AvgIpc) is 2.58. The van der Waals surface area contributed by atoms with Gasteiger partial charge in [-0.05, 0) is 13.3 Å². The summed E-state index contributed by atoms with van der Waals surface area (Å²) in [5, 5.41) is 0. The molecule has 0 radical (unpaired) electrons. The van der Waals surface area contributed by atoms with Crippen LogP contribution in [0.1, 0.15) is 22.8 Å². The van der Waals surface area contributed by atoms with Gasteiger partial charge in [-0.2, -0.15) is 0 Å². The Labute approximate surface area is 97.4 Å². The number of hydrogen-bond acceptors (Lipinski definition) is 5. The predicted molar refractivity (Wildman–Crippen MR) is 61.5 cm³/mol. The van der Waals surface area contributed by atoms with Crippen LogP contribution in [0.3, 0.4) is 0 Å². The number of nitrogens with zero attached hydrogens (tertiary/aromatic N) is 3. The normalized spacial score (nSPS) is 15.0. The van der Waals surface area contributed by atoms with Crippen LogP contribution in [0.25, 0.3) is 11.1 Å². The van der Waals surface area contributed by atoms with Crippen molar-refractivity contribution in [3.63, 3.8) is 0 Å². The van der Waals surface area contributed by atoms with E-state index < -0.39 is 0 Å². The van der Waals surface area contributed by atoms with E-state index in [0.717, 1.165) is 19.5 Å². The van der Waals surface area contributed by atoms with Crippen LogP contribution in [0.15, 0.2) is 10.5 Å². The van der Waals surface area contributed by atoms with Crippen molar-refractivity contribution in [1.29, 1.82) is 0 Å². The van der Waals surface area contributed by atoms with E-state index in [1.165, 1.54) is 0 Å². The van der Waals surface area contributed by atoms with E-state index in [2.05, 4.69) is 9.97 Å². The highest BCUT2D eigenvalue weighted by molar-refractivity contribution is 5.97. The van der Waals surface area contributed by atoms with E-state index in [4.69, 9.17) is 10.2 Å². The molecule has 1 aliphatic heterocycles. The van der Waals surface area contributed by atoms with E-state index >= 15 is 0 Å². The van der Waals surface area contributed by atoms with Crippen LogP contribution in [0.2, 0.25) is 0 Å². The molecule has 17 heavy (non-hydrogen) atoms. The molecule has 88 valence electrons. The number of anilines is 1. The van der Waals surface area contributed by atoms with Gasteiger partial charge in [0.25, 0.3) is 5.91 Å². The number of likely N-dealkylation sites (tertiary alicyclic amines) is 1. The molecule has 0 aliphatic carbocycles. The van der Waals surface area contributed by atoms with Gasteiger partial charge in [0.2, 0.25) is 0 Å². The molecule has 2 aromatic heterocycles. The molecule has 3 rings (SSSR count). The van der Waals surface area contributed by atoms with Gasteiger partial charge in [-0.1, -0.05) is 0 Å². The minimum Gasteiger partial charge on any atom is -0.445 e. The molecule has 0 unspecified atom stereocenters. The molecule has 1 fully saturated rings. The Bertz CT molecular complexity index is 601. The third-order valence-corrected chi connectivity index (χ3v) is 2.86. The average molecular weight is 232 g/mol. The number of carbonyl (C=O) groups excluding carboxylic acids is 1. The molecule has 1 saturated heterocycles. The number of hydrogen-bond donors (Lipinski definition) is 1. The van der Waals surface area contributed by atoms with Gasteiger partial charge in [0, 0.05) is 19.2 Å². The number of fused-ring (bicyclic) bond motifs is 1. The Morgan fingerprint density at radius 3 is 2.88 bits per heavy atom. The standard InChI is InChI=1S/C11H12N4O2/c1-6-13-7-5-8(11(16)15-3-2-4-15)17-9(7)10(12)14-6/h5H,2-4H2,1H3,(H2,12,13,14). The molecule has 0 saturated carbocycles. The van der Waals surface area contributed by atoms with Crippen molar-refractivity contribution in [2.45, 2.75) is 13.3 Å². The van der Waals surface area contributed by atoms with Gasteiger partial charge < -0.3 is 15.1 Å². The molecular weight excluding hydrogens is 220 g/mol. The molecular formula is C11H12N4O2. The molecule has 1 aliphatic rings. The molecule has 2 N–H and O–H groups in total. The quantitative estimate of drug-likeness (QED) is 0.791. The summed E-state index contributed by atoms with van der Waals surface area (Å²) in [6, 6.07) is 1.63. The largest absolute Gasteiger partial charge is 0.445 e. The number of amides is 1. The maximum absolute atomic E-state index is 11.9. The Morgan fingerprint density at radius 2 is 2.24 bits per heavy atom. The van der Waals surface area contributed by atoms with Gasteiger partial charge in [0.1, 0.15) is 11.3 Å². The maximum Gasteiger partial charge on any atom is 0.289 e. The van der Waals surface area contributed by atoms with Gasteiger partial charge >= 0.3 is 0 Å². The molecule has 0 aromatic carbocycles. The van der Waals surface area contributed by atoms with E-state index in [1.807, 2.05) is 0 Å². The minimum atomic E-state index is -0.105. The lowest BCUT2D eigenvalue weighted by Gasteiger charge is -2.29. The van der Waals surface area contributed by atoms with Gasteiger partial charge in [-0.25, -0.2) is 9.97 Å². The van der Waals surface area contributed by atoms with Crippen molar-refractivity contribution in [2.24, 2.45) is 0 Å². The van der Waals surface area contributed by atoms with Crippen molar-refractivity contribution in [3.8, 4) is 0 Å². The molecule has 1 amide bonds. The maximum atomic E-state index is 11.9. The van der Waals surface area contributed by atoms with E-state index in [0.29, 0.717) is 16.9 Å². The lowest BCUT2D eigenvalue weighted by molar-refractivity contribution is 0.0621. The molecule has 6 heteroatoms. The highest BCUT2D eigenvalue weighted by atomic mass is 16.3. The number of rotatable bonds is 1. The fraction of sp³-hybridized carbons (Fsp3) is 0.364. The summed E-state index contributed by atoms with van der Waals surface area (Å²) < 4.78 is 5.43. The van der Waals surface area contributed by atoms with Crippen LogP contribution >= 0.6 is 0 Å². The monoisotopic (exact) mass is 232 g/mol. The second kappa shape index (κ2) is 3.44. The highest BCUT2D eigenvalue weighted by Crippen LogP contribution is 2.24. The Morgan fingerprint density at radius 1 is 1.47 bits per heavy atom. The topological polar surface area (TPSA) is 85.2 Å². The Balaban J connectivity index is 2.06. The summed E-state index contributed by atoms with van der Waals surface area (Å²) in [5.41, 5.74) is 6.69. The summed E-state index contributed by atoms with van der Waals surface area (Å²) in [6.07, 6.45) is 1.05. The molecule has 0 atom stereocenters. The first-order chi connectivity index (χ1) is 8.15. The van der Waals surface area contributed by atoms with Crippen LogP contribution in [0, 0.1) is 6.92 Å².